The minimum Gasteiger partial charge on any atom is -0.381 e. The van der Waals surface area contributed by atoms with Gasteiger partial charge in [-0.15, -0.1) is 0 Å². The summed E-state index contributed by atoms with van der Waals surface area (Å²) in [5, 5.41) is 3.31. The summed E-state index contributed by atoms with van der Waals surface area (Å²) in [6.07, 6.45) is 7.25. The molecule has 2 rings (SSSR count). The molecule has 0 bridgehead atoms. The van der Waals surface area contributed by atoms with Crippen molar-refractivity contribution >= 4 is 11.6 Å². The van der Waals surface area contributed by atoms with E-state index in [0.29, 0.717) is 17.7 Å². The summed E-state index contributed by atoms with van der Waals surface area (Å²) < 4.78 is 0. The number of aromatic nitrogens is 2. The minimum atomic E-state index is 0.447. The maximum absolute atomic E-state index is 5.69. The van der Waals surface area contributed by atoms with Crippen LogP contribution in [0.4, 0.5) is 11.6 Å². The number of nitrogens with two attached hydrogens (primary N) is 1. The molecule has 0 aliphatic heterocycles. The number of hydrogen-bond donors (Lipinski definition) is 2. The van der Waals surface area contributed by atoms with Gasteiger partial charge in [0.2, 0.25) is 0 Å². The summed E-state index contributed by atoms with van der Waals surface area (Å²) in [6.45, 7) is 2.18. The first-order chi connectivity index (χ1) is 6.77. The van der Waals surface area contributed by atoms with Crippen molar-refractivity contribution in [2.45, 2.75) is 32.2 Å². The van der Waals surface area contributed by atoms with Crippen LogP contribution in [0.5, 0.6) is 0 Å². The highest BCUT2D eigenvalue weighted by atomic mass is 15.1. The van der Waals surface area contributed by atoms with Crippen molar-refractivity contribution in [2.24, 2.45) is 5.92 Å². The molecule has 1 fully saturated rings. The number of nitrogens with zero attached hydrogens (tertiary/aromatic N) is 2. The third kappa shape index (κ3) is 1.78. The van der Waals surface area contributed by atoms with Crippen LogP contribution in [-0.4, -0.2) is 16.0 Å². The molecule has 0 amide bonds. The SMILES string of the molecule is C[C@@H](Nc1nccnc1N)C1CCC1. The second-order valence-electron chi connectivity index (χ2n) is 3.91. The van der Waals surface area contributed by atoms with Gasteiger partial charge in [-0.05, 0) is 25.7 Å². The zero-order valence-corrected chi connectivity index (χ0v) is 8.40. The maximum atomic E-state index is 5.69. The third-order valence-electron chi connectivity index (χ3n) is 2.95. The van der Waals surface area contributed by atoms with E-state index in [2.05, 4.69) is 22.2 Å². The standard InChI is InChI=1S/C10H16N4/c1-7(8-3-2-4-8)14-10-9(11)12-5-6-13-10/h5-8H,2-4H2,1H3,(H2,11,12)(H,13,14)/t7-/m1/s1. The van der Waals surface area contributed by atoms with E-state index in [0.717, 1.165) is 5.92 Å². The Morgan fingerprint density at radius 2 is 2.14 bits per heavy atom. The molecule has 14 heavy (non-hydrogen) atoms. The molecule has 0 saturated heterocycles. The van der Waals surface area contributed by atoms with Gasteiger partial charge in [0, 0.05) is 18.4 Å². The molecule has 1 heterocycles. The number of anilines is 2. The molecule has 1 saturated carbocycles. The smallest absolute Gasteiger partial charge is 0.169 e. The Hall–Kier alpha value is -1.32. The molecule has 0 unspecified atom stereocenters. The van der Waals surface area contributed by atoms with Crippen molar-refractivity contribution < 1.29 is 0 Å². The van der Waals surface area contributed by atoms with Crippen LogP contribution in [0.2, 0.25) is 0 Å². The first-order valence-corrected chi connectivity index (χ1v) is 5.10. The zero-order valence-electron chi connectivity index (χ0n) is 8.40. The molecule has 3 N–H and O–H groups in total. The van der Waals surface area contributed by atoms with Crippen LogP contribution < -0.4 is 11.1 Å². The Morgan fingerprint density at radius 3 is 2.71 bits per heavy atom. The monoisotopic (exact) mass is 192 g/mol. The largest absolute Gasteiger partial charge is 0.381 e. The van der Waals surface area contributed by atoms with E-state index in [-0.39, 0.29) is 0 Å². The Bertz CT molecular complexity index is 309. The zero-order chi connectivity index (χ0) is 9.97. The van der Waals surface area contributed by atoms with Crippen molar-refractivity contribution in [3.63, 3.8) is 0 Å². The molecule has 1 aliphatic carbocycles. The van der Waals surface area contributed by atoms with Gasteiger partial charge in [0.25, 0.3) is 0 Å². The molecule has 1 aromatic heterocycles. The molecule has 1 atom stereocenters. The molecule has 0 radical (unpaired) electrons. The summed E-state index contributed by atoms with van der Waals surface area (Å²) >= 11 is 0. The average molecular weight is 192 g/mol. The van der Waals surface area contributed by atoms with Gasteiger partial charge in [-0.3, -0.25) is 0 Å². The van der Waals surface area contributed by atoms with Crippen LogP contribution in [0.25, 0.3) is 0 Å². The average Bonchev–Trinajstić information content (AvgIpc) is 2.05. The predicted octanol–water partition coefficient (Wildman–Crippen LogP) is 1.66. The quantitative estimate of drug-likeness (QED) is 0.764. The fourth-order valence-corrected chi connectivity index (χ4v) is 1.73. The topological polar surface area (TPSA) is 63.8 Å². The molecular formula is C10H16N4. The molecule has 4 heteroatoms. The van der Waals surface area contributed by atoms with Crippen molar-refractivity contribution in [1.29, 1.82) is 0 Å². The summed E-state index contributed by atoms with van der Waals surface area (Å²) in [7, 11) is 0. The molecule has 4 nitrogen and oxygen atoms in total. The van der Waals surface area contributed by atoms with Crippen molar-refractivity contribution in [2.75, 3.05) is 11.1 Å². The van der Waals surface area contributed by atoms with Crippen LogP contribution >= 0.6 is 0 Å². The van der Waals surface area contributed by atoms with Crippen LogP contribution in [0.1, 0.15) is 26.2 Å². The van der Waals surface area contributed by atoms with E-state index >= 15 is 0 Å². The minimum absolute atomic E-state index is 0.447. The second kappa shape index (κ2) is 3.82. The molecule has 1 aromatic rings. The van der Waals surface area contributed by atoms with Gasteiger partial charge >= 0.3 is 0 Å². The molecule has 0 spiro atoms. The second-order valence-corrected chi connectivity index (χ2v) is 3.91. The van der Waals surface area contributed by atoms with Crippen LogP contribution in [0.3, 0.4) is 0 Å². The van der Waals surface area contributed by atoms with Crippen LogP contribution in [-0.2, 0) is 0 Å². The van der Waals surface area contributed by atoms with Gasteiger partial charge in [-0.2, -0.15) is 0 Å². The first kappa shape index (κ1) is 9.24. The lowest BCUT2D eigenvalue weighted by Crippen LogP contribution is -2.31. The van der Waals surface area contributed by atoms with Gasteiger partial charge in [-0.25, -0.2) is 9.97 Å². The van der Waals surface area contributed by atoms with E-state index in [1.165, 1.54) is 19.3 Å². The van der Waals surface area contributed by atoms with E-state index in [1.54, 1.807) is 12.4 Å². The van der Waals surface area contributed by atoms with Gasteiger partial charge in [0.1, 0.15) is 0 Å². The molecule has 76 valence electrons. The highest BCUT2D eigenvalue weighted by molar-refractivity contribution is 5.55. The summed E-state index contributed by atoms with van der Waals surface area (Å²) in [5.74, 6) is 1.97. The Labute approximate surface area is 83.9 Å². The highest BCUT2D eigenvalue weighted by Crippen LogP contribution is 2.31. The fourth-order valence-electron chi connectivity index (χ4n) is 1.73. The normalized spacial score (nSPS) is 18.6. The van der Waals surface area contributed by atoms with Crippen molar-refractivity contribution in [3.05, 3.63) is 12.4 Å². The number of nitrogens with one attached hydrogen (secondary N) is 1. The first-order valence-electron chi connectivity index (χ1n) is 5.10. The maximum Gasteiger partial charge on any atom is 0.169 e. The highest BCUT2D eigenvalue weighted by Gasteiger charge is 2.24. The Kier molecular flexibility index (Phi) is 2.52. The third-order valence-corrected chi connectivity index (χ3v) is 2.95. The van der Waals surface area contributed by atoms with E-state index < -0.39 is 0 Å². The Balaban J connectivity index is 1.99. The van der Waals surface area contributed by atoms with Crippen molar-refractivity contribution in [3.8, 4) is 0 Å². The fraction of sp³-hybridized carbons (Fsp3) is 0.600. The summed E-state index contributed by atoms with van der Waals surface area (Å²) in [6, 6.07) is 0.447. The molecule has 1 aliphatic rings. The van der Waals surface area contributed by atoms with Crippen LogP contribution in [0.15, 0.2) is 12.4 Å². The van der Waals surface area contributed by atoms with E-state index in [1.807, 2.05) is 0 Å². The van der Waals surface area contributed by atoms with E-state index in [9.17, 15) is 0 Å². The van der Waals surface area contributed by atoms with Crippen LogP contribution in [0, 0.1) is 5.92 Å². The lowest BCUT2D eigenvalue weighted by molar-refractivity contribution is 0.285. The summed E-state index contributed by atoms with van der Waals surface area (Å²) in [4.78, 5) is 8.15. The lowest BCUT2D eigenvalue weighted by atomic mass is 9.80. The van der Waals surface area contributed by atoms with Gasteiger partial charge in [0.05, 0.1) is 0 Å². The number of nitrogen functional groups attached to an aromatic ring is 1. The number of rotatable bonds is 3. The van der Waals surface area contributed by atoms with Crippen molar-refractivity contribution in [1.82, 2.24) is 9.97 Å². The van der Waals surface area contributed by atoms with Gasteiger partial charge in [0.15, 0.2) is 11.6 Å². The molecular weight excluding hydrogens is 176 g/mol. The van der Waals surface area contributed by atoms with Gasteiger partial charge in [-0.1, -0.05) is 6.42 Å². The van der Waals surface area contributed by atoms with E-state index in [4.69, 9.17) is 5.73 Å². The van der Waals surface area contributed by atoms with Gasteiger partial charge < -0.3 is 11.1 Å². The lowest BCUT2D eigenvalue weighted by Gasteiger charge is -2.32. The Morgan fingerprint density at radius 1 is 1.43 bits per heavy atom. The predicted molar refractivity (Wildman–Crippen MR) is 56.9 cm³/mol. The number of hydrogen-bond acceptors (Lipinski definition) is 4. The molecule has 0 aromatic carbocycles. The summed E-state index contributed by atoms with van der Waals surface area (Å²) in [5.41, 5.74) is 5.69.